The largest absolute Gasteiger partial charge is 0.493 e. The van der Waals surface area contributed by atoms with Gasteiger partial charge in [-0.2, -0.15) is 0 Å². The maximum atomic E-state index is 12.6. The minimum Gasteiger partial charge on any atom is -0.493 e. The van der Waals surface area contributed by atoms with Crippen LogP contribution in [0.2, 0.25) is 0 Å². The van der Waals surface area contributed by atoms with Crippen molar-refractivity contribution in [3.63, 3.8) is 0 Å². The molecule has 3 saturated heterocycles. The second-order valence-corrected chi connectivity index (χ2v) is 26.6. The van der Waals surface area contributed by atoms with E-state index in [4.69, 9.17) is 42.6 Å². The highest BCUT2D eigenvalue weighted by Gasteiger charge is 2.24. The third-order valence-electron chi connectivity index (χ3n) is 13.1. The van der Waals surface area contributed by atoms with Crippen molar-refractivity contribution in [1.29, 1.82) is 0 Å². The fourth-order valence-corrected chi connectivity index (χ4v) is 18.2. The van der Waals surface area contributed by atoms with Gasteiger partial charge in [0.1, 0.15) is 39.6 Å². The Hall–Kier alpha value is -3.03. The fourth-order valence-electron chi connectivity index (χ4n) is 9.11. The summed E-state index contributed by atoms with van der Waals surface area (Å²) in [7, 11) is 16.6. The maximum Gasteiger partial charge on any atom is 0.305 e. The van der Waals surface area contributed by atoms with Gasteiger partial charge in [-0.25, -0.2) is 0 Å². The van der Waals surface area contributed by atoms with Crippen molar-refractivity contribution in [3.8, 4) is 34.5 Å². The molecule has 0 bridgehead atoms. The fraction of sp³-hybridized carbons (Fsp3) is 0.611. The molecule has 3 aromatic carbocycles. The van der Waals surface area contributed by atoms with E-state index in [0.29, 0.717) is 88.8 Å². The maximum absolute atomic E-state index is 12.6. The number of hydrogen-bond donors (Lipinski definition) is 0. The Balaban J connectivity index is 1.03. The summed E-state index contributed by atoms with van der Waals surface area (Å²) in [4.78, 5) is 37.8. The third kappa shape index (κ3) is 18.4. The van der Waals surface area contributed by atoms with Crippen LogP contribution in [0.25, 0.3) is 0 Å². The van der Waals surface area contributed by atoms with Crippen LogP contribution in [0.1, 0.15) is 130 Å². The zero-order valence-electron chi connectivity index (χ0n) is 42.1. The molecule has 1 aliphatic carbocycles. The van der Waals surface area contributed by atoms with Crippen molar-refractivity contribution in [2.24, 2.45) is 0 Å². The molecule has 3 heterocycles. The van der Waals surface area contributed by atoms with E-state index in [2.05, 4.69) is 0 Å². The molecule has 0 amide bonds. The van der Waals surface area contributed by atoms with E-state index in [1.807, 2.05) is 101 Å². The van der Waals surface area contributed by atoms with Crippen LogP contribution in [-0.4, -0.2) is 112 Å². The summed E-state index contributed by atoms with van der Waals surface area (Å²) >= 11 is 0. The lowest BCUT2D eigenvalue weighted by molar-refractivity contribution is -0.145. The smallest absolute Gasteiger partial charge is 0.305 e. The molecule has 3 fully saturated rings. The van der Waals surface area contributed by atoms with Crippen molar-refractivity contribution < 1.29 is 57.0 Å². The molecule has 3 aromatic rings. The molecular weight excluding hydrogens is 1030 g/mol. The SMILES string of the molecule is COc1cc2c(cc1OCCOC(=O)CCCCC1CCSS1)Cc1cc(OC)c(OCCOC(=O)CCCCC3CCSS3)cc1Cc1cc(OC)c(OCCOC(=O)CCCCC3CCSS3)cc1C2. The van der Waals surface area contributed by atoms with E-state index >= 15 is 0 Å². The van der Waals surface area contributed by atoms with E-state index in [1.165, 1.54) is 36.5 Å². The van der Waals surface area contributed by atoms with Gasteiger partial charge in [0.2, 0.25) is 0 Å². The summed E-state index contributed by atoms with van der Waals surface area (Å²) in [6, 6.07) is 12.1. The van der Waals surface area contributed by atoms with Gasteiger partial charge in [-0.3, -0.25) is 14.4 Å². The van der Waals surface area contributed by atoms with E-state index in [-0.39, 0.29) is 57.5 Å². The van der Waals surface area contributed by atoms with Crippen LogP contribution in [0.5, 0.6) is 34.5 Å². The predicted octanol–water partition coefficient (Wildman–Crippen LogP) is 12.7. The van der Waals surface area contributed by atoms with Crippen molar-refractivity contribution in [3.05, 3.63) is 69.8 Å². The summed E-state index contributed by atoms with van der Waals surface area (Å²) in [6.45, 7) is 0.915. The highest BCUT2D eigenvalue weighted by atomic mass is 33.1. The van der Waals surface area contributed by atoms with Crippen LogP contribution >= 0.6 is 64.8 Å². The second-order valence-electron chi connectivity index (χ2n) is 18.3. The molecule has 3 aliphatic heterocycles. The lowest BCUT2D eigenvalue weighted by Crippen LogP contribution is -2.13. The highest BCUT2D eigenvalue weighted by molar-refractivity contribution is 8.78. The molecule has 4 aliphatic rings. The first-order chi connectivity index (χ1) is 35.3. The Labute approximate surface area is 450 Å². The first-order valence-electron chi connectivity index (χ1n) is 25.6. The van der Waals surface area contributed by atoms with Gasteiger partial charge in [0.15, 0.2) is 34.5 Å². The van der Waals surface area contributed by atoms with Crippen LogP contribution < -0.4 is 28.4 Å². The first-order valence-corrected chi connectivity index (χ1v) is 32.7. The number of rotatable bonds is 30. The molecule has 0 spiro atoms. The topological polar surface area (TPSA) is 134 Å². The van der Waals surface area contributed by atoms with Crippen LogP contribution in [0.15, 0.2) is 36.4 Å². The van der Waals surface area contributed by atoms with Crippen molar-refractivity contribution in [2.45, 2.75) is 131 Å². The Morgan fingerprint density at radius 3 is 0.931 bits per heavy atom. The number of carbonyl (C=O) groups is 3. The lowest BCUT2D eigenvalue weighted by atomic mass is 9.94. The lowest BCUT2D eigenvalue weighted by Gasteiger charge is -2.18. The van der Waals surface area contributed by atoms with E-state index < -0.39 is 0 Å². The van der Waals surface area contributed by atoms with E-state index in [0.717, 1.165) is 91.2 Å². The molecule has 72 heavy (non-hydrogen) atoms. The first kappa shape index (κ1) is 56.7. The van der Waals surface area contributed by atoms with Gasteiger partial charge < -0.3 is 42.6 Å². The van der Waals surface area contributed by atoms with E-state index in [1.54, 1.807) is 21.3 Å². The summed E-state index contributed by atoms with van der Waals surface area (Å²) in [5, 5.41) is 2.10. The molecule has 0 radical (unpaired) electrons. The molecule has 396 valence electrons. The van der Waals surface area contributed by atoms with Crippen LogP contribution in [-0.2, 0) is 47.9 Å². The average molecular weight is 1110 g/mol. The van der Waals surface area contributed by atoms with Crippen molar-refractivity contribution in [2.75, 3.05) is 78.2 Å². The molecule has 12 nitrogen and oxygen atoms in total. The predicted molar refractivity (Wildman–Crippen MR) is 298 cm³/mol. The number of esters is 3. The molecular formula is C54H72O12S6. The number of fused-ring (bicyclic) bond motifs is 3. The molecule has 7 rings (SSSR count). The number of carbonyl (C=O) groups excluding carboxylic acids is 3. The molecule has 0 aromatic heterocycles. The Morgan fingerprint density at radius 2 is 0.681 bits per heavy atom. The monoisotopic (exact) mass is 1100 g/mol. The van der Waals surface area contributed by atoms with Gasteiger partial charge in [0, 0.05) is 52.3 Å². The summed E-state index contributed by atoms with van der Waals surface area (Å²) in [5.74, 6) is 6.37. The number of ether oxygens (including phenoxy) is 9. The number of hydrogen-bond acceptors (Lipinski definition) is 18. The standard InChI is InChI=1S/C54H72O12S6/c1-58-46-31-37-28-41-35-50(62-20-23-65-53(56)14-8-5-11-44-17-26-68-71-44)48(60-3)33-39(41)30-42-36-51(63-21-24-66-54(57)15-9-6-12-45-18-27-69-72-45)47(59-2)32-38(42)29-40(37)34-49(46)61-19-22-64-52(55)13-7-4-10-43-16-25-67-70-43/h31-36,43-45H,4-30H2,1-3H3. The second kappa shape index (κ2) is 31.1. The third-order valence-corrected chi connectivity index (χ3v) is 22.1. The minimum atomic E-state index is -0.208. The van der Waals surface area contributed by atoms with Gasteiger partial charge in [-0.15, -0.1) is 0 Å². The van der Waals surface area contributed by atoms with Crippen molar-refractivity contribution in [1.82, 2.24) is 0 Å². The number of benzene rings is 3. The number of unbranched alkanes of at least 4 members (excludes halogenated alkanes) is 3. The highest BCUT2D eigenvalue weighted by Crippen LogP contribution is 2.43. The molecule has 0 saturated carbocycles. The summed E-state index contributed by atoms with van der Waals surface area (Å²) < 4.78 is 53.4. The Kier molecular flexibility index (Phi) is 24.5. The summed E-state index contributed by atoms with van der Waals surface area (Å²) in [5.41, 5.74) is 6.15. The summed E-state index contributed by atoms with van der Waals surface area (Å²) in [6.07, 6.45) is 15.6. The average Bonchev–Trinajstić information content (AvgIpc) is 4.23. The molecule has 0 N–H and O–H groups in total. The Morgan fingerprint density at radius 1 is 0.403 bits per heavy atom. The van der Waals surface area contributed by atoms with Gasteiger partial charge in [0.05, 0.1) is 21.3 Å². The van der Waals surface area contributed by atoms with Crippen LogP contribution in [0, 0.1) is 0 Å². The zero-order chi connectivity index (χ0) is 50.3. The Bertz CT molecular complexity index is 1950. The van der Waals surface area contributed by atoms with Gasteiger partial charge in [-0.1, -0.05) is 84.0 Å². The normalized spacial score (nSPS) is 18.1. The van der Waals surface area contributed by atoms with E-state index in [9.17, 15) is 14.4 Å². The van der Waals surface area contributed by atoms with Crippen LogP contribution in [0.3, 0.4) is 0 Å². The van der Waals surface area contributed by atoms with Gasteiger partial charge in [0.25, 0.3) is 0 Å². The quantitative estimate of drug-likeness (QED) is 0.0212. The molecule has 3 atom stereocenters. The molecule has 3 unspecified atom stereocenters. The van der Waals surface area contributed by atoms with Gasteiger partial charge in [-0.05, 0) is 147 Å². The van der Waals surface area contributed by atoms with Crippen molar-refractivity contribution >= 4 is 82.7 Å². The minimum absolute atomic E-state index is 0.130. The zero-order valence-corrected chi connectivity index (χ0v) is 47.0. The molecule has 18 heteroatoms. The number of methoxy groups -OCH3 is 3. The van der Waals surface area contributed by atoms with Crippen LogP contribution in [0.4, 0.5) is 0 Å². The van der Waals surface area contributed by atoms with Gasteiger partial charge >= 0.3 is 17.9 Å².